The monoisotopic (exact) mass is 192 g/mol. The van der Waals surface area contributed by atoms with Gasteiger partial charge in [-0.1, -0.05) is 0 Å². The molecule has 1 rings (SSSR count). The van der Waals surface area contributed by atoms with Crippen LogP contribution in [-0.4, -0.2) is 23.2 Å². The van der Waals surface area contributed by atoms with Crippen LogP contribution in [0.25, 0.3) is 0 Å². The summed E-state index contributed by atoms with van der Waals surface area (Å²) in [6.45, 7) is 0. The Balaban J connectivity index is 3.05. The number of carboxylic acid groups (broad SMARTS) is 1. The van der Waals surface area contributed by atoms with E-state index in [1.807, 2.05) is 6.07 Å². The van der Waals surface area contributed by atoms with Crippen molar-refractivity contribution in [3.05, 3.63) is 23.4 Å². The third-order valence-electron chi connectivity index (χ3n) is 1.54. The van der Waals surface area contributed by atoms with Gasteiger partial charge >= 0.3 is 5.97 Å². The maximum absolute atomic E-state index is 10.4. The fourth-order valence-corrected chi connectivity index (χ4v) is 0.998. The van der Waals surface area contributed by atoms with Crippen LogP contribution in [0.3, 0.4) is 0 Å². The molecule has 0 aliphatic rings. The van der Waals surface area contributed by atoms with E-state index in [4.69, 9.17) is 15.1 Å². The van der Waals surface area contributed by atoms with Crippen molar-refractivity contribution in [2.45, 2.75) is 6.42 Å². The van der Waals surface area contributed by atoms with Gasteiger partial charge in [0.25, 0.3) is 0 Å². The number of nitrogens with zero attached hydrogens (tertiary/aromatic N) is 2. The molecule has 0 unspecified atom stereocenters. The highest BCUT2D eigenvalue weighted by atomic mass is 16.5. The number of ether oxygens (including phenoxy) is 1. The van der Waals surface area contributed by atoms with E-state index in [2.05, 4.69) is 4.98 Å². The standard InChI is InChI=1S/C9H8N2O3/c1-14-8-3-6(4-9(12)13)2-7(5-10)11-8/h2-3H,4H2,1H3,(H,12,13). The Bertz CT molecular complexity index is 396. The topological polar surface area (TPSA) is 83.2 Å². The van der Waals surface area contributed by atoms with Crippen LogP contribution in [0, 0.1) is 11.3 Å². The number of rotatable bonds is 3. The van der Waals surface area contributed by atoms with Crippen LogP contribution >= 0.6 is 0 Å². The van der Waals surface area contributed by atoms with Crippen molar-refractivity contribution >= 4 is 5.97 Å². The quantitative estimate of drug-likeness (QED) is 0.757. The highest BCUT2D eigenvalue weighted by Gasteiger charge is 2.05. The molecule has 0 aromatic carbocycles. The lowest BCUT2D eigenvalue weighted by Gasteiger charge is -2.02. The molecule has 0 saturated heterocycles. The summed E-state index contributed by atoms with van der Waals surface area (Å²) >= 11 is 0. The Morgan fingerprint density at radius 2 is 2.43 bits per heavy atom. The normalized spacial score (nSPS) is 9.14. The van der Waals surface area contributed by atoms with Crippen LogP contribution < -0.4 is 4.74 Å². The van der Waals surface area contributed by atoms with E-state index < -0.39 is 5.97 Å². The number of nitriles is 1. The van der Waals surface area contributed by atoms with Crippen molar-refractivity contribution in [1.29, 1.82) is 5.26 Å². The molecule has 0 fully saturated rings. The molecule has 0 radical (unpaired) electrons. The van der Waals surface area contributed by atoms with Crippen LogP contribution in [0.1, 0.15) is 11.3 Å². The summed E-state index contributed by atoms with van der Waals surface area (Å²) in [6.07, 6.45) is -0.145. The number of hydrogen-bond acceptors (Lipinski definition) is 4. The van der Waals surface area contributed by atoms with Crippen molar-refractivity contribution in [3.8, 4) is 11.9 Å². The zero-order valence-electron chi connectivity index (χ0n) is 7.52. The van der Waals surface area contributed by atoms with E-state index in [9.17, 15) is 4.79 Å². The number of aliphatic carboxylic acids is 1. The fourth-order valence-electron chi connectivity index (χ4n) is 0.998. The zero-order chi connectivity index (χ0) is 10.6. The molecule has 0 bridgehead atoms. The van der Waals surface area contributed by atoms with Crippen LogP contribution in [-0.2, 0) is 11.2 Å². The molecule has 5 heteroatoms. The van der Waals surface area contributed by atoms with E-state index in [0.717, 1.165) is 0 Å². The van der Waals surface area contributed by atoms with Gasteiger partial charge in [-0.3, -0.25) is 4.79 Å². The van der Waals surface area contributed by atoms with E-state index in [0.29, 0.717) is 5.56 Å². The minimum absolute atomic E-state index is 0.145. The van der Waals surface area contributed by atoms with Crippen molar-refractivity contribution < 1.29 is 14.6 Å². The summed E-state index contributed by atoms with van der Waals surface area (Å²) in [6, 6.07) is 4.75. The Morgan fingerprint density at radius 3 is 2.93 bits per heavy atom. The largest absolute Gasteiger partial charge is 0.481 e. The summed E-state index contributed by atoms with van der Waals surface area (Å²) in [7, 11) is 1.41. The van der Waals surface area contributed by atoms with E-state index in [-0.39, 0.29) is 18.0 Å². The second-order valence-electron chi connectivity index (χ2n) is 2.59. The van der Waals surface area contributed by atoms with Crippen molar-refractivity contribution in [3.63, 3.8) is 0 Å². The number of methoxy groups -OCH3 is 1. The third-order valence-corrected chi connectivity index (χ3v) is 1.54. The molecular formula is C9H8N2O3. The first-order chi connectivity index (χ1) is 6.65. The summed E-state index contributed by atoms with van der Waals surface area (Å²) in [5.41, 5.74) is 0.654. The van der Waals surface area contributed by atoms with Crippen LogP contribution in [0.5, 0.6) is 5.88 Å². The molecule has 1 aromatic rings. The molecule has 0 aliphatic carbocycles. The molecule has 72 valence electrons. The fraction of sp³-hybridized carbons (Fsp3) is 0.222. The summed E-state index contributed by atoms with van der Waals surface area (Å²) in [5.74, 6) is -0.706. The van der Waals surface area contributed by atoms with Crippen molar-refractivity contribution in [1.82, 2.24) is 4.98 Å². The average Bonchev–Trinajstić information content (AvgIpc) is 2.16. The second-order valence-corrected chi connectivity index (χ2v) is 2.59. The number of aromatic nitrogens is 1. The lowest BCUT2D eigenvalue weighted by molar-refractivity contribution is -0.136. The minimum atomic E-state index is -0.956. The summed E-state index contributed by atoms with van der Waals surface area (Å²) in [4.78, 5) is 14.2. The number of carbonyl (C=O) groups is 1. The van der Waals surface area contributed by atoms with E-state index >= 15 is 0 Å². The highest BCUT2D eigenvalue weighted by molar-refractivity contribution is 5.70. The molecule has 0 aliphatic heterocycles. The van der Waals surface area contributed by atoms with Gasteiger partial charge in [0.2, 0.25) is 5.88 Å². The van der Waals surface area contributed by atoms with Gasteiger partial charge in [0.1, 0.15) is 11.8 Å². The number of carboxylic acids is 1. The Labute approximate surface area is 80.6 Å². The van der Waals surface area contributed by atoms with Gasteiger partial charge in [-0.15, -0.1) is 0 Å². The number of pyridine rings is 1. The molecule has 1 aromatic heterocycles. The van der Waals surface area contributed by atoms with Gasteiger partial charge < -0.3 is 9.84 Å². The minimum Gasteiger partial charge on any atom is -0.481 e. The first-order valence-electron chi connectivity index (χ1n) is 3.82. The van der Waals surface area contributed by atoms with E-state index in [1.54, 1.807) is 0 Å². The third kappa shape index (κ3) is 2.45. The summed E-state index contributed by atoms with van der Waals surface area (Å²) < 4.78 is 4.82. The molecule has 1 N–H and O–H groups in total. The molecular weight excluding hydrogens is 184 g/mol. The van der Waals surface area contributed by atoms with Gasteiger partial charge in [-0.05, 0) is 11.6 Å². The van der Waals surface area contributed by atoms with Gasteiger partial charge in [0.05, 0.1) is 13.5 Å². The predicted octanol–water partition coefficient (Wildman–Crippen LogP) is 0.589. The van der Waals surface area contributed by atoms with Crippen molar-refractivity contribution in [2.75, 3.05) is 7.11 Å². The maximum Gasteiger partial charge on any atom is 0.307 e. The highest BCUT2D eigenvalue weighted by Crippen LogP contribution is 2.12. The SMILES string of the molecule is COc1cc(CC(=O)O)cc(C#N)n1. The maximum atomic E-state index is 10.4. The Morgan fingerprint density at radius 1 is 1.71 bits per heavy atom. The summed E-state index contributed by atoms with van der Waals surface area (Å²) in [5, 5.41) is 17.2. The Hall–Kier alpha value is -2.09. The first kappa shape index (κ1) is 9.99. The number of hydrogen-bond donors (Lipinski definition) is 1. The lowest BCUT2D eigenvalue weighted by atomic mass is 10.1. The van der Waals surface area contributed by atoms with Gasteiger partial charge in [0.15, 0.2) is 0 Å². The van der Waals surface area contributed by atoms with E-state index in [1.165, 1.54) is 19.2 Å². The molecule has 5 nitrogen and oxygen atoms in total. The average molecular weight is 192 g/mol. The molecule has 0 spiro atoms. The Kier molecular flexibility index (Phi) is 3.02. The molecule has 0 saturated carbocycles. The lowest BCUT2D eigenvalue weighted by Crippen LogP contribution is -2.02. The van der Waals surface area contributed by atoms with Gasteiger partial charge in [-0.2, -0.15) is 5.26 Å². The van der Waals surface area contributed by atoms with Gasteiger partial charge in [0, 0.05) is 6.07 Å². The molecule has 1 heterocycles. The predicted molar refractivity (Wildman–Crippen MR) is 46.8 cm³/mol. The molecule has 14 heavy (non-hydrogen) atoms. The molecule has 0 atom stereocenters. The second kappa shape index (κ2) is 4.23. The smallest absolute Gasteiger partial charge is 0.307 e. The van der Waals surface area contributed by atoms with Crippen LogP contribution in [0.4, 0.5) is 0 Å². The molecule has 0 amide bonds. The van der Waals surface area contributed by atoms with Gasteiger partial charge in [-0.25, -0.2) is 4.98 Å². The van der Waals surface area contributed by atoms with Crippen molar-refractivity contribution in [2.24, 2.45) is 0 Å². The van der Waals surface area contributed by atoms with Crippen LogP contribution in [0.15, 0.2) is 12.1 Å². The van der Waals surface area contributed by atoms with Crippen LogP contribution in [0.2, 0.25) is 0 Å². The zero-order valence-corrected chi connectivity index (χ0v) is 7.52. The first-order valence-corrected chi connectivity index (χ1v) is 3.82.